The zero-order chi connectivity index (χ0) is 17.1. The summed E-state index contributed by atoms with van der Waals surface area (Å²) < 4.78 is 4.23. The summed E-state index contributed by atoms with van der Waals surface area (Å²) in [6, 6.07) is 0. The van der Waals surface area contributed by atoms with Gasteiger partial charge < -0.3 is 5.32 Å². The molecule has 1 aliphatic rings. The molecule has 0 aliphatic carbocycles. The van der Waals surface area contributed by atoms with E-state index in [1.165, 1.54) is 35.7 Å². The van der Waals surface area contributed by atoms with Gasteiger partial charge in [-0.25, -0.2) is 4.98 Å². The highest BCUT2D eigenvalue weighted by Crippen LogP contribution is 2.26. The summed E-state index contributed by atoms with van der Waals surface area (Å²) in [6.07, 6.45) is 2.51. The summed E-state index contributed by atoms with van der Waals surface area (Å²) in [5.41, 5.74) is 2.36. The highest BCUT2D eigenvalue weighted by atomic mass is 32.1. The molecule has 0 bridgehead atoms. The molecule has 6 nitrogen and oxygen atoms in total. The SMILES string of the molecule is CNc1snc(C)c1C(=O)Nc1nc(CN2CCC(C)CC2)cs1. The van der Waals surface area contributed by atoms with Crippen molar-refractivity contribution in [3.63, 3.8) is 0 Å². The summed E-state index contributed by atoms with van der Waals surface area (Å²) in [5, 5.41) is 9.38. The number of aromatic nitrogens is 2. The Morgan fingerprint density at radius 2 is 2.17 bits per heavy atom. The van der Waals surface area contributed by atoms with Crippen LogP contribution in [0.2, 0.25) is 0 Å². The molecule has 0 radical (unpaired) electrons. The second-order valence-corrected chi connectivity index (χ2v) is 7.91. The molecular weight excluding hydrogens is 342 g/mol. The van der Waals surface area contributed by atoms with Crippen LogP contribution in [0.1, 0.15) is 41.5 Å². The normalized spacial score (nSPS) is 16.3. The predicted octanol–water partition coefficient (Wildman–Crippen LogP) is 3.43. The number of thiazole rings is 1. The van der Waals surface area contributed by atoms with E-state index in [0.717, 1.165) is 41.9 Å². The number of nitrogens with zero attached hydrogens (tertiary/aromatic N) is 3. The Kier molecular flexibility index (Phi) is 5.47. The second kappa shape index (κ2) is 7.58. The Morgan fingerprint density at radius 3 is 2.88 bits per heavy atom. The van der Waals surface area contributed by atoms with E-state index in [2.05, 4.69) is 31.8 Å². The minimum absolute atomic E-state index is 0.154. The van der Waals surface area contributed by atoms with Crippen LogP contribution in [0.5, 0.6) is 0 Å². The van der Waals surface area contributed by atoms with E-state index in [9.17, 15) is 4.79 Å². The summed E-state index contributed by atoms with van der Waals surface area (Å²) in [5.74, 6) is 0.675. The van der Waals surface area contributed by atoms with Gasteiger partial charge in [-0.15, -0.1) is 11.3 Å². The first kappa shape index (κ1) is 17.3. The molecule has 0 saturated carbocycles. The minimum Gasteiger partial charge on any atom is -0.378 e. The number of aryl methyl sites for hydroxylation is 1. The second-order valence-electron chi connectivity index (χ2n) is 6.28. The van der Waals surface area contributed by atoms with Crippen molar-refractivity contribution in [3.05, 3.63) is 22.3 Å². The summed E-state index contributed by atoms with van der Waals surface area (Å²) in [6.45, 7) is 7.28. The Balaban J connectivity index is 1.61. The topological polar surface area (TPSA) is 70.1 Å². The highest BCUT2D eigenvalue weighted by molar-refractivity contribution is 7.14. The lowest BCUT2D eigenvalue weighted by molar-refractivity contribution is 0.102. The van der Waals surface area contributed by atoms with Gasteiger partial charge in [-0.05, 0) is 50.3 Å². The van der Waals surface area contributed by atoms with Crippen molar-refractivity contribution in [1.82, 2.24) is 14.3 Å². The standard InChI is InChI=1S/C16H23N5OS2/c1-10-4-6-21(7-5-10)8-12-9-23-16(18-12)19-14(22)13-11(2)20-24-15(13)17-3/h9-10,17H,4-8H2,1-3H3,(H,18,19,22). The first-order valence-electron chi connectivity index (χ1n) is 8.19. The molecule has 1 saturated heterocycles. The molecule has 2 N–H and O–H groups in total. The third-order valence-corrected chi connectivity index (χ3v) is 6.11. The predicted molar refractivity (Wildman–Crippen MR) is 100 cm³/mol. The lowest BCUT2D eigenvalue weighted by Gasteiger charge is -2.29. The van der Waals surface area contributed by atoms with Gasteiger partial charge in [0.15, 0.2) is 5.13 Å². The van der Waals surface area contributed by atoms with Crippen LogP contribution in [-0.4, -0.2) is 40.3 Å². The number of hydrogen-bond donors (Lipinski definition) is 2. The van der Waals surface area contributed by atoms with Gasteiger partial charge in [-0.2, -0.15) is 4.37 Å². The molecule has 3 rings (SSSR count). The van der Waals surface area contributed by atoms with Gasteiger partial charge in [-0.3, -0.25) is 15.0 Å². The molecule has 1 fully saturated rings. The number of carbonyl (C=O) groups is 1. The number of nitrogens with one attached hydrogen (secondary N) is 2. The number of piperidine rings is 1. The fourth-order valence-electron chi connectivity index (χ4n) is 2.85. The zero-order valence-corrected chi connectivity index (χ0v) is 15.9. The van der Waals surface area contributed by atoms with Crippen LogP contribution in [-0.2, 0) is 6.54 Å². The maximum Gasteiger partial charge on any atom is 0.262 e. The third kappa shape index (κ3) is 3.93. The summed E-state index contributed by atoms with van der Waals surface area (Å²) in [7, 11) is 1.80. The molecule has 24 heavy (non-hydrogen) atoms. The van der Waals surface area contributed by atoms with Gasteiger partial charge >= 0.3 is 0 Å². The van der Waals surface area contributed by atoms with Gasteiger partial charge in [0.25, 0.3) is 5.91 Å². The molecule has 2 aromatic rings. The van der Waals surface area contributed by atoms with Crippen molar-refractivity contribution in [2.75, 3.05) is 30.8 Å². The van der Waals surface area contributed by atoms with Crippen LogP contribution >= 0.6 is 22.9 Å². The van der Waals surface area contributed by atoms with Gasteiger partial charge in [0.05, 0.1) is 17.0 Å². The van der Waals surface area contributed by atoms with Gasteiger partial charge in [0, 0.05) is 19.0 Å². The number of rotatable bonds is 5. The Morgan fingerprint density at radius 1 is 1.42 bits per heavy atom. The zero-order valence-electron chi connectivity index (χ0n) is 14.3. The molecule has 130 valence electrons. The Bertz CT molecular complexity index is 703. The van der Waals surface area contributed by atoms with Crippen molar-refractivity contribution in [2.24, 2.45) is 5.92 Å². The summed E-state index contributed by atoms with van der Waals surface area (Å²) >= 11 is 2.77. The van der Waals surface area contributed by atoms with Crippen LogP contribution in [0.4, 0.5) is 10.1 Å². The van der Waals surface area contributed by atoms with Crippen molar-refractivity contribution in [2.45, 2.75) is 33.2 Å². The van der Waals surface area contributed by atoms with E-state index in [1.54, 1.807) is 7.05 Å². The third-order valence-electron chi connectivity index (χ3n) is 4.35. The largest absolute Gasteiger partial charge is 0.378 e. The Hall–Kier alpha value is -1.51. The number of hydrogen-bond acceptors (Lipinski definition) is 7. The van der Waals surface area contributed by atoms with E-state index in [-0.39, 0.29) is 5.91 Å². The van der Waals surface area contributed by atoms with E-state index in [1.807, 2.05) is 12.3 Å². The molecule has 2 aromatic heterocycles. The van der Waals surface area contributed by atoms with E-state index < -0.39 is 0 Å². The van der Waals surface area contributed by atoms with Crippen LogP contribution in [0.25, 0.3) is 0 Å². The average Bonchev–Trinajstić information content (AvgIpc) is 3.15. The monoisotopic (exact) mass is 365 g/mol. The molecule has 3 heterocycles. The van der Waals surface area contributed by atoms with Crippen molar-refractivity contribution < 1.29 is 4.79 Å². The molecule has 0 unspecified atom stereocenters. The highest BCUT2D eigenvalue weighted by Gasteiger charge is 2.20. The maximum absolute atomic E-state index is 12.5. The summed E-state index contributed by atoms with van der Waals surface area (Å²) in [4.78, 5) is 19.5. The van der Waals surface area contributed by atoms with Crippen LogP contribution in [0.3, 0.4) is 0 Å². The number of likely N-dealkylation sites (tertiary alicyclic amines) is 1. The lowest BCUT2D eigenvalue weighted by Crippen LogP contribution is -2.32. The van der Waals surface area contributed by atoms with Gasteiger partial charge in [0.2, 0.25) is 0 Å². The van der Waals surface area contributed by atoms with E-state index in [4.69, 9.17) is 0 Å². The van der Waals surface area contributed by atoms with Gasteiger partial charge in [-0.1, -0.05) is 6.92 Å². The van der Waals surface area contributed by atoms with Crippen molar-refractivity contribution in [1.29, 1.82) is 0 Å². The van der Waals surface area contributed by atoms with E-state index in [0.29, 0.717) is 10.7 Å². The van der Waals surface area contributed by atoms with Crippen molar-refractivity contribution >= 4 is 38.9 Å². The Labute approximate surface area is 150 Å². The van der Waals surface area contributed by atoms with E-state index >= 15 is 0 Å². The number of amides is 1. The first-order valence-corrected chi connectivity index (χ1v) is 9.84. The fourth-order valence-corrected chi connectivity index (χ4v) is 4.29. The first-order chi connectivity index (χ1) is 11.6. The molecule has 0 aromatic carbocycles. The molecule has 0 spiro atoms. The van der Waals surface area contributed by atoms with Crippen LogP contribution in [0.15, 0.2) is 5.38 Å². The molecule has 8 heteroatoms. The van der Waals surface area contributed by atoms with Crippen molar-refractivity contribution in [3.8, 4) is 0 Å². The number of carbonyl (C=O) groups excluding carboxylic acids is 1. The number of anilines is 2. The average molecular weight is 366 g/mol. The van der Waals surface area contributed by atoms with Gasteiger partial charge in [0.1, 0.15) is 5.00 Å². The van der Waals surface area contributed by atoms with Crippen LogP contribution in [0, 0.1) is 12.8 Å². The smallest absolute Gasteiger partial charge is 0.262 e. The molecule has 1 amide bonds. The molecular formula is C16H23N5OS2. The molecule has 0 atom stereocenters. The lowest BCUT2D eigenvalue weighted by atomic mass is 9.99. The maximum atomic E-state index is 12.5. The van der Waals surface area contributed by atoms with Crippen LogP contribution < -0.4 is 10.6 Å². The molecule has 1 aliphatic heterocycles. The minimum atomic E-state index is -0.154. The quantitative estimate of drug-likeness (QED) is 0.849. The fraction of sp³-hybridized carbons (Fsp3) is 0.562.